The second kappa shape index (κ2) is 7.53. The number of amides is 2. The monoisotopic (exact) mass is 358 g/mol. The molecule has 9 heteroatoms. The molecule has 1 aliphatic heterocycles. The van der Waals surface area contributed by atoms with E-state index >= 15 is 0 Å². The molecular formula is C14H17BCl2N2O4. The zero-order valence-corrected chi connectivity index (χ0v) is 14.1. The van der Waals surface area contributed by atoms with E-state index in [1.54, 1.807) is 18.2 Å². The van der Waals surface area contributed by atoms with Crippen molar-refractivity contribution in [3.8, 4) is 0 Å². The smallest absolute Gasteiger partial charge is 0.426 e. The molecule has 1 aliphatic rings. The molecule has 1 heterocycles. The maximum absolute atomic E-state index is 12.4. The largest absolute Gasteiger partial charge is 0.475 e. The fraction of sp³-hybridized carbons (Fsp3) is 0.429. The zero-order chi connectivity index (χ0) is 17.1. The third-order valence-electron chi connectivity index (χ3n) is 3.86. The molecule has 1 aromatic carbocycles. The number of rotatable bonds is 4. The Bertz CT molecular complexity index is 594. The van der Waals surface area contributed by atoms with Gasteiger partial charge in [0.25, 0.3) is 5.91 Å². The number of carbonyl (C=O) groups is 2. The number of benzene rings is 1. The lowest BCUT2D eigenvalue weighted by atomic mass is 9.78. The minimum absolute atomic E-state index is 0.145. The molecule has 1 unspecified atom stereocenters. The summed E-state index contributed by atoms with van der Waals surface area (Å²) in [6.07, 6.45) is 1.22. The number of likely N-dealkylation sites (N-methyl/N-ethyl adjacent to an activating group) is 1. The van der Waals surface area contributed by atoms with Gasteiger partial charge in [0.1, 0.15) is 0 Å². The van der Waals surface area contributed by atoms with Gasteiger partial charge in [-0.25, -0.2) is 0 Å². The highest BCUT2D eigenvalue weighted by Gasteiger charge is 2.37. The summed E-state index contributed by atoms with van der Waals surface area (Å²) in [5, 5.41) is 19.1. The molecule has 1 aromatic rings. The van der Waals surface area contributed by atoms with Crippen molar-refractivity contribution in [1.29, 1.82) is 0 Å². The second-order valence-electron chi connectivity index (χ2n) is 5.47. The zero-order valence-electron chi connectivity index (χ0n) is 12.6. The highest BCUT2D eigenvalue weighted by atomic mass is 35.5. The molecule has 0 saturated carbocycles. The molecule has 1 saturated heterocycles. The number of nitrogens with zero attached hydrogens (tertiary/aromatic N) is 2. The van der Waals surface area contributed by atoms with E-state index in [9.17, 15) is 19.6 Å². The first-order chi connectivity index (χ1) is 10.8. The third-order valence-corrected chi connectivity index (χ3v) is 4.49. The molecule has 2 N–H and O–H groups in total. The number of halogens is 2. The van der Waals surface area contributed by atoms with Crippen LogP contribution >= 0.6 is 23.2 Å². The van der Waals surface area contributed by atoms with E-state index in [4.69, 9.17) is 23.2 Å². The summed E-state index contributed by atoms with van der Waals surface area (Å²) in [4.78, 5) is 27.4. The fourth-order valence-electron chi connectivity index (χ4n) is 2.67. The van der Waals surface area contributed by atoms with Crippen LogP contribution in [0.4, 0.5) is 0 Å². The molecule has 0 aromatic heterocycles. The number of hydrogen-bond acceptors (Lipinski definition) is 4. The van der Waals surface area contributed by atoms with Crippen molar-refractivity contribution >= 4 is 42.1 Å². The van der Waals surface area contributed by atoms with Gasteiger partial charge in [0, 0.05) is 13.6 Å². The summed E-state index contributed by atoms with van der Waals surface area (Å²) in [5.41, 5.74) is 0.145. The van der Waals surface area contributed by atoms with Gasteiger partial charge in [-0.2, -0.15) is 0 Å². The lowest BCUT2D eigenvalue weighted by Crippen LogP contribution is -2.49. The molecule has 2 rings (SSSR count). The minimum Gasteiger partial charge on any atom is -0.426 e. The third kappa shape index (κ3) is 3.98. The molecule has 0 radical (unpaired) electrons. The summed E-state index contributed by atoms with van der Waals surface area (Å²) in [5.74, 6) is -1.44. The quantitative estimate of drug-likeness (QED) is 0.789. The van der Waals surface area contributed by atoms with Crippen LogP contribution in [0, 0.1) is 0 Å². The predicted molar refractivity (Wildman–Crippen MR) is 88.3 cm³/mol. The molecule has 124 valence electrons. The second-order valence-corrected chi connectivity index (χ2v) is 6.28. The number of likely N-dealkylation sites (tertiary alicyclic amines) is 1. The summed E-state index contributed by atoms with van der Waals surface area (Å²) in [6.45, 7) is 0.250. The maximum atomic E-state index is 12.4. The molecule has 0 bridgehead atoms. The van der Waals surface area contributed by atoms with E-state index in [0.717, 1.165) is 0 Å². The van der Waals surface area contributed by atoms with Crippen LogP contribution in [-0.4, -0.2) is 64.9 Å². The first kappa shape index (κ1) is 18.1. The standard InChI is InChI=1S/C14H17BCl2N2O4/c1-18(14(21)13-9(16)4-2-5-10(13)17)8-12(20)19-7-3-6-11(19)15(22)23/h2,4-5,11,22-23H,3,6-8H2,1H3. The van der Waals surface area contributed by atoms with Crippen molar-refractivity contribution in [2.75, 3.05) is 20.1 Å². The van der Waals surface area contributed by atoms with Crippen molar-refractivity contribution in [1.82, 2.24) is 9.80 Å². The van der Waals surface area contributed by atoms with Crippen molar-refractivity contribution in [3.05, 3.63) is 33.8 Å². The van der Waals surface area contributed by atoms with Gasteiger partial charge in [-0.15, -0.1) is 0 Å². The molecule has 1 fully saturated rings. The average molecular weight is 359 g/mol. The van der Waals surface area contributed by atoms with Crippen LogP contribution in [0.2, 0.25) is 10.0 Å². The highest BCUT2D eigenvalue weighted by Crippen LogP contribution is 2.25. The lowest BCUT2D eigenvalue weighted by Gasteiger charge is -2.27. The SMILES string of the molecule is CN(CC(=O)N1CCCC1B(O)O)C(=O)c1c(Cl)cccc1Cl. The van der Waals surface area contributed by atoms with Gasteiger partial charge in [0.05, 0.1) is 28.1 Å². The summed E-state index contributed by atoms with van der Waals surface area (Å²) >= 11 is 12.0. The van der Waals surface area contributed by atoms with Gasteiger partial charge in [0.2, 0.25) is 5.91 Å². The lowest BCUT2D eigenvalue weighted by molar-refractivity contribution is -0.131. The minimum atomic E-state index is -1.58. The number of carbonyl (C=O) groups excluding carboxylic acids is 2. The highest BCUT2D eigenvalue weighted by molar-refractivity contribution is 6.43. The summed E-state index contributed by atoms with van der Waals surface area (Å²) < 4.78 is 0. The van der Waals surface area contributed by atoms with Crippen LogP contribution < -0.4 is 0 Å². The Labute approximate surface area is 144 Å². The molecule has 0 aliphatic carbocycles. The first-order valence-electron chi connectivity index (χ1n) is 7.18. The Morgan fingerprint density at radius 3 is 2.52 bits per heavy atom. The van der Waals surface area contributed by atoms with Crippen molar-refractivity contribution < 1.29 is 19.6 Å². The van der Waals surface area contributed by atoms with E-state index in [2.05, 4.69) is 0 Å². The van der Waals surface area contributed by atoms with Gasteiger partial charge in [0.15, 0.2) is 0 Å². The van der Waals surface area contributed by atoms with Crippen molar-refractivity contribution in [3.63, 3.8) is 0 Å². The van der Waals surface area contributed by atoms with Crippen LogP contribution in [-0.2, 0) is 4.79 Å². The normalized spacial score (nSPS) is 17.3. The Kier molecular flexibility index (Phi) is 5.92. The maximum Gasteiger partial charge on any atom is 0.475 e. The van der Waals surface area contributed by atoms with Crippen LogP contribution in [0.1, 0.15) is 23.2 Å². The van der Waals surface area contributed by atoms with E-state index in [0.29, 0.717) is 19.4 Å². The Morgan fingerprint density at radius 2 is 1.96 bits per heavy atom. The molecule has 23 heavy (non-hydrogen) atoms. The first-order valence-corrected chi connectivity index (χ1v) is 7.93. The van der Waals surface area contributed by atoms with Crippen LogP contribution in [0.25, 0.3) is 0 Å². The van der Waals surface area contributed by atoms with E-state index in [-0.39, 0.29) is 28.1 Å². The van der Waals surface area contributed by atoms with Gasteiger partial charge in [-0.3, -0.25) is 9.59 Å². The van der Waals surface area contributed by atoms with Gasteiger partial charge >= 0.3 is 7.12 Å². The Hall–Kier alpha value is -1.28. The summed E-state index contributed by atoms with van der Waals surface area (Å²) in [7, 11) is -0.110. The molecule has 1 atom stereocenters. The van der Waals surface area contributed by atoms with Gasteiger partial charge in [-0.05, 0) is 25.0 Å². The van der Waals surface area contributed by atoms with Gasteiger partial charge < -0.3 is 19.8 Å². The molecular weight excluding hydrogens is 342 g/mol. The molecule has 2 amide bonds. The fourth-order valence-corrected chi connectivity index (χ4v) is 3.23. The van der Waals surface area contributed by atoms with Crippen molar-refractivity contribution in [2.45, 2.75) is 18.8 Å². The van der Waals surface area contributed by atoms with Crippen LogP contribution in [0.3, 0.4) is 0 Å². The topological polar surface area (TPSA) is 81.1 Å². The Morgan fingerprint density at radius 1 is 1.35 bits per heavy atom. The number of hydrogen-bond donors (Lipinski definition) is 2. The molecule has 0 spiro atoms. The van der Waals surface area contributed by atoms with E-state index in [1.165, 1.54) is 16.8 Å². The van der Waals surface area contributed by atoms with Crippen LogP contribution in [0.15, 0.2) is 18.2 Å². The molecule has 6 nitrogen and oxygen atoms in total. The van der Waals surface area contributed by atoms with Crippen LogP contribution in [0.5, 0.6) is 0 Å². The van der Waals surface area contributed by atoms with E-state index in [1.807, 2.05) is 0 Å². The average Bonchev–Trinajstić information content (AvgIpc) is 2.96. The predicted octanol–water partition coefficient (Wildman–Crippen LogP) is 1.07. The van der Waals surface area contributed by atoms with E-state index < -0.39 is 19.0 Å². The van der Waals surface area contributed by atoms with Crippen molar-refractivity contribution in [2.24, 2.45) is 0 Å². The summed E-state index contributed by atoms with van der Waals surface area (Å²) in [6, 6.07) is 4.73. The van der Waals surface area contributed by atoms with Gasteiger partial charge in [-0.1, -0.05) is 29.3 Å². The Balaban J connectivity index is 2.08.